The minimum absolute atomic E-state index is 0.225. The molecule has 312 valence electrons. The van der Waals surface area contributed by atoms with E-state index >= 15 is 0 Å². The van der Waals surface area contributed by atoms with Gasteiger partial charge in [-0.1, -0.05) is 43.2 Å². The number of allylic oxidation sites excluding steroid dienone is 1. The largest absolute Gasteiger partial charge is 0.490 e. The van der Waals surface area contributed by atoms with E-state index in [0.29, 0.717) is 43.5 Å². The average molecular weight is 823 g/mol. The van der Waals surface area contributed by atoms with Crippen LogP contribution in [0.1, 0.15) is 86.2 Å². The first-order valence-corrected chi connectivity index (χ1v) is 23.5. The van der Waals surface area contributed by atoms with Crippen LogP contribution in [-0.2, 0) is 26.6 Å². The number of sulfonamides is 1. The van der Waals surface area contributed by atoms with E-state index in [1.165, 1.54) is 36.9 Å². The normalized spacial score (nSPS) is 33.9. The summed E-state index contributed by atoms with van der Waals surface area (Å²) in [5, 5.41) is -0.00154. The second kappa shape index (κ2) is 16.8. The molecule has 2 aliphatic carbocycles. The Morgan fingerprint density at radius 3 is 2.68 bits per heavy atom. The zero-order chi connectivity index (χ0) is 40.0. The van der Waals surface area contributed by atoms with Gasteiger partial charge in [0.1, 0.15) is 11.4 Å². The summed E-state index contributed by atoms with van der Waals surface area (Å²) in [4.78, 5) is 23.8. The van der Waals surface area contributed by atoms with Gasteiger partial charge in [0.05, 0.1) is 17.5 Å². The molecule has 10 nitrogen and oxygen atoms in total. The highest BCUT2D eigenvalue weighted by Gasteiger charge is 2.50. The van der Waals surface area contributed by atoms with Crippen molar-refractivity contribution in [1.29, 1.82) is 0 Å². The highest BCUT2D eigenvalue weighted by Crippen LogP contribution is 2.49. The van der Waals surface area contributed by atoms with E-state index < -0.39 is 26.8 Å². The van der Waals surface area contributed by atoms with Crippen LogP contribution in [0, 0.1) is 17.8 Å². The molecule has 6 aliphatic rings. The number of hydrogen-bond acceptors (Lipinski definition) is 9. The summed E-state index contributed by atoms with van der Waals surface area (Å²) >= 11 is 6.54. The average Bonchev–Trinajstić information content (AvgIpc) is 3.32. The Labute approximate surface area is 346 Å². The molecule has 1 saturated carbocycles. The summed E-state index contributed by atoms with van der Waals surface area (Å²) in [7, 11) is 1.76. The van der Waals surface area contributed by atoms with Gasteiger partial charge in [-0.15, -0.1) is 0 Å². The van der Waals surface area contributed by atoms with Crippen molar-refractivity contribution < 1.29 is 22.7 Å². The molecule has 0 aromatic heterocycles. The molecule has 4 aliphatic heterocycles. The van der Waals surface area contributed by atoms with Crippen molar-refractivity contribution in [3.8, 4) is 5.75 Å². The molecule has 0 radical (unpaired) electrons. The second-order valence-corrected chi connectivity index (χ2v) is 20.9. The van der Waals surface area contributed by atoms with Gasteiger partial charge in [0.25, 0.3) is 5.91 Å². The van der Waals surface area contributed by atoms with Crippen molar-refractivity contribution in [2.45, 2.75) is 93.4 Å². The van der Waals surface area contributed by atoms with Gasteiger partial charge in [-0.05, 0) is 144 Å². The van der Waals surface area contributed by atoms with Gasteiger partial charge in [0, 0.05) is 68.4 Å². The lowest BCUT2D eigenvalue weighted by molar-refractivity contribution is -0.100. The SMILES string of the molecule is CO[C@@]1(CN2CCN3CCCC[C@@H]3C2)/C=C/C[C@H](C)[C@@H](CCN(C)C)S(=O)(=O)NC(=O)c2ccc3c(c2)N(C[C@@H]2CC[C@H]21)C[C@@]1(CCCc2cc(Cl)ccc21)CO3. The smallest absolute Gasteiger partial charge is 0.264 e. The number of piperidine rings is 1. The van der Waals surface area contributed by atoms with Crippen LogP contribution in [0.5, 0.6) is 5.75 Å². The van der Waals surface area contributed by atoms with Crippen molar-refractivity contribution in [2.75, 3.05) is 85.1 Å². The van der Waals surface area contributed by atoms with Crippen LogP contribution in [0.2, 0.25) is 5.02 Å². The third-order valence-electron chi connectivity index (χ3n) is 14.6. The highest BCUT2D eigenvalue weighted by molar-refractivity contribution is 7.90. The summed E-state index contributed by atoms with van der Waals surface area (Å²) in [6.07, 6.45) is 14.5. The number of carbonyl (C=O) groups excluding carboxylic acids is 1. The lowest BCUT2D eigenvalue weighted by Crippen LogP contribution is -2.61. The Morgan fingerprint density at radius 1 is 1.04 bits per heavy atom. The molecule has 2 saturated heterocycles. The maximum atomic E-state index is 14.2. The van der Waals surface area contributed by atoms with E-state index in [1.807, 2.05) is 51.2 Å². The predicted molar refractivity (Wildman–Crippen MR) is 228 cm³/mol. The fourth-order valence-corrected chi connectivity index (χ4v) is 13.1. The summed E-state index contributed by atoms with van der Waals surface area (Å²) < 4.78 is 44.6. The molecule has 7 atom stereocenters. The van der Waals surface area contributed by atoms with E-state index in [4.69, 9.17) is 21.1 Å². The summed E-state index contributed by atoms with van der Waals surface area (Å²) in [6, 6.07) is 12.4. The molecule has 4 heterocycles. The number of nitrogens with one attached hydrogen (secondary N) is 1. The molecule has 57 heavy (non-hydrogen) atoms. The molecular formula is C45H64ClN5O5S. The molecule has 3 fully saturated rings. The van der Waals surface area contributed by atoms with Crippen molar-refractivity contribution >= 4 is 33.2 Å². The van der Waals surface area contributed by atoms with Crippen LogP contribution in [-0.4, -0.2) is 126 Å². The van der Waals surface area contributed by atoms with E-state index in [9.17, 15) is 13.2 Å². The molecule has 1 N–H and O–H groups in total. The zero-order valence-electron chi connectivity index (χ0n) is 34.6. The summed E-state index contributed by atoms with van der Waals surface area (Å²) in [6.45, 7) is 9.83. The van der Waals surface area contributed by atoms with Gasteiger partial charge in [-0.25, -0.2) is 13.1 Å². The molecule has 0 unspecified atom stereocenters. The molecule has 2 aromatic rings. The Hall–Kier alpha value is -2.67. The Balaban J connectivity index is 1.20. The van der Waals surface area contributed by atoms with Crippen LogP contribution in [0.15, 0.2) is 48.6 Å². The third kappa shape index (κ3) is 8.40. The van der Waals surface area contributed by atoms with Crippen LogP contribution in [0.3, 0.4) is 0 Å². The number of benzene rings is 2. The van der Waals surface area contributed by atoms with Crippen LogP contribution < -0.4 is 14.4 Å². The van der Waals surface area contributed by atoms with Crippen molar-refractivity contribution in [2.24, 2.45) is 17.8 Å². The van der Waals surface area contributed by atoms with Gasteiger partial charge < -0.3 is 19.3 Å². The number of nitrogens with zero attached hydrogens (tertiary/aromatic N) is 4. The van der Waals surface area contributed by atoms with Crippen LogP contribution >= 0.6 is 11.6 Å². The maximum Gasteiger partial charge on any atom is 0.264 e. The molecule has 12 heteroatoms. The van der Waals surface area contributed by atoms with Gasteiger partial charge in [-0.3, -0.25) is 14.6 Å². The number of methoxy groups -OCH3 is 1. The molecular weight excluding hydrogens is 758 g/mol. The Bertz CT molecular complexity index is 1930. The summed E-state index contributed by atoms with van der Waals surface area (Å²) in [5.41, 5.74) is 2.95. The van der Waals surface area contributed by atoms with Gasteiger partial charge >= 0.3 is 0 Å². The Kier molecular flexibility index (Phi) is 12.1. The number of anilines is 1. The fourth-order valence-electron chi connectivity index (χ4n) is 11.3. The number of amides is 1. The molecule has 2 aromatic carbocycles. The zero-order valence-corrected chi connectivity index (χ0v) is 36.1. The monoisotopic (exact) mass is 821 g/mol. The lowest BCUT2D eigenvalue weighted by atomic mass is 9.63. The first-order valence-electron chi connectivity index (χ1n) is 21.6. The summed E-state index contributed by atoms with van der Waals surface area (Å²) in [5.74, 6) is 0.518. The van der Waals surface area contributed by atoms with Crippen molar-refractivity contribution in [3.63, 3.8) is 0 Å². The van der Waals surface area contributed by atoms with Crippen LogP contribution in [0.25, 0.3) is 0 Å². The quantitative estimate of drug-likeness (QED) is 0.334. The Morgan fingerprint density at radius 2 is 1.89 bits per heavy atom. The van der Waals surface area contributed by atoms with Gasteiger partial charge in [0.2, 0.25) is 10.0 Å². The fraction of sp³-hybridized carbons (Fsp3) is 0.667. The molecule has 2 bridgehead atoms. The minimum atomic E-state index is -4.03. The minimum Gasteiger partial charge on any atom is -0.490 e. The number of rotatable bonds is 6. The van der Waals surface area contributed by atoms with Crippen molar-refractivity contribution in [3.05, 3.63) is 70.3 Å². The predicted octanol–water partition coefficient (Wildman–Crippen LogP) is 6.37. The topological polar surface area (TPSA) is 94.7 Å². The lowest BCUT2D eigenvalue weighted by Gasteiger charge is -2.53. The standard InChI is InChI=1S/C45H64ClN5O5S/c1-32-9-7-20-45(55-4,30-49-23-24-50-21-6-5-11-37(50)28-49)39-15-12-35(39)27-51-29-44(19-8-10-33-25-36(46)14-16-38(33)44)31-56-41-17-13-34(26-40(41)51)43(52)47-57(53,54)42(32)18-22-48(2)3/h7,13-14,16-17,20,25-26,32,35,37,39,42H,5-6,8-12,15,18-19,21-24,27-31H2,1-4H3,(H,47,52)/b20-7+/t32-,35-,37+,39+,42+,44-,45+/m0/s1. The second-order valence-electron chi connectivity index (χ2n) is 18.5. The number of fused-ring (bicyclic) bond motifs is 5. The maximum absolute atomic E-state index is 14.2. The number of ether oxygens (including phenoxy) is 2. The first-order chi connectivity index (χ1) is 27.4. The highest BCUT2D eigenvalue weighted by atomic mass is 35.5. The number of carbonyl (C=O) groups is 1. The van der Waals surface area contributed by atoms with E-state index in [0.717, 1.165) is 87.8 Å². The van der Waals surface area contributed by atoms with Gasteiger partial charge in [-0.2, -0.15) is 0 Å². The molecule has 1 spiro atoms. The number of halogens is 1. The van der Waals surface area contributed by atoms with E-state index in [-0.39, 0.29) is 17.3 Å². The first kappa shape index (κ1) is 41.1. The van der Waals surface area contributed by atoms with Crippen LogP contribution in [0.4, 0.5) is 5.69 Å². The number of aryl methyl sites for hydroxylation is 1. The molecule has 8 rings (SSSR count). The van der Waals surface area contributed by atoms with Gasteiger partial charge in [0.15, 0.2) is 0 Å². The van der Waals surface area contributed by atoms with E-state index in [1.54, 1.807) is 6.07 Å². The third-order valence-corrected chi connectivity index (χ3v) is 16.8. The van der Waals surface area contributed by atoms with Crippen molar-refractivity contribution in [1.82, 2.24) is 19.4 Å². The molecule has 1 amide bonds. The number of hydrogen-bond donors (Lipinski definition) is 1. The number of piperazine rings is 1. The van der Waals surface area contributed by atoms with E-state index in [2.05, 4.69) is 43.7 Å².